The van der Waals surface area contributed by atoms with Crippen LogP contribution < -0.4 is 10.4 Å². The molecule has 0 saturated carbocycles. The van der Waals surface area contributed by atoms with Gasteiger partial charge >= 0.3 is 5.63 Å². The standard InChI is InChI=1S/C19H22N2O4S/c1-4-5-6-7-26-19-21-20-16(25-19)11-23-14-8-12(2)18-13(3)9-17(22)24-15(18)10-14/h8-10H,4-7,11H2,1-3H3. The molecule has 0 saturated heterocycles. The molecule has 0 aliphatic heterocycles. The molecule has 0 radical (unpaired) electrons. The van der Waals surface area contributed by atoms with E-state index in [1.165, 1.54) is 18.9 Å². The zero-order valence-corrected chi connectivity index (χ0v) is 16.0. The monoisotopic (exact) mass is 374 g/mol. The van der Waals surface area contributed by atoms with Crippen LogP contribution in [0.4, 0.5) is 0 Å². The third kappa shape index (κ3) is 4.46. The fraction of sp³-hybridized carbons (Fsp3) is 0.421. The van der Waals surface area contributed by atoms with E-state index >= 15 is 0 Å². The van der Waals surface area contributed by atoms with Crippen LogP contribution in [-0.2, 0) is 6.61 Å². The number of aromatic nitrogens is 2. The smallest absolute Gasteiger partial charge is 0.336 e. The van der Waals surface area contributed by atoms with Crippen LogP contribution in [0.2, 0.25) is 0 Å². The minimum atomic E-state index is -0.367. The molecule has 3 rings (SSSR count). The molecule has 6 nitrogen and oxygen atoms in total. The third-order valence-electron chi connectivity index (χ3n) is 4.00. The van der Waals surface area contributed by atoms with Gasteiger partial charge in [0.1, 0.15) is 11.3 Å². The quantitative estimate of drug-likeness (QED) is 0.322. The molecule has 0 aliphatic rings. The summed E-state index contributed by atoms with van der Waals surface area (Å²) in [5.41, 5.74) is 2.02. The Morgan fingerprint density at radius 1 is 1.08 bits per heavy atom. The molecular weight excluding hydrogens is 352 g/mol. The molecule has 3 aromatic rings. The van der Waals surface area contributed by atoms with Crippen molar-refractivity contribution < 1.29 is 13.6 Å². The lowest BCUT2D eigenvalue weighted by molar-refractivity contribution is 0.252. The van der Waals surface area contributed by atoms with E-state index in [1.807, 2.05) is 19.9 Å². The van der Waals surface area contributed by atoms with Gasteiger partial charge in [0.2, 0.25) is 0 Å². The van der Waals surface area contributed by atoms with Crippen LogP contribution in [-0.4, -0.2) is 16.0 Å². The maximum atomic E-state index is 11.6. The van der Waals surface area contributed by atoms with Crippen molar-refractivity contribution in [1.29, 1.82) is 0 Å². The first-order valence-electron chi connectivity index (χ1n) is 8.70. The fourth-order valence-electron chi connectivity index (χ4n) is 2.79. The van der Waals surface area contributed by atoms with E-state index in [-0.39, 0.29) is 12.2 Å². The predicted molar refractivity (Wildman–Crippen MR) is 101 cm³/mol. The van der Waals surface area contributed by atoms with E-state index in [0.29, 0.717) is 22.4 Å². The number of ether oxygens (including phenoxy) is 1. The first-order valence-corrected chi connectivity index (χ1v) is 9.68. The van der Waals surface area contributed by atoms with Crippen LogP contribution in [0.25, 0.3) is 11.0 Å². The van der Waals surface area contributed by atoms with Gasteiger partial charge in [-0.2, -0.15) is 0 Å². The van der Waals surface area contributed by atoms with E-state index in [4.69, 9.17) is 13.6 Å². The van der Waals surface area contributed by atoms with E-state index in [9.17, 15) is 4.79 Å². The summed E-state index contributed by atoms with van der Waals surface area (Å²) in [6.07, 6.45) is 3.53. The van der Waals surface area contributed by atoms with Gasteiger partial charge in [0.15, 0.2) is 6.61 Å². The van der Waals surface area contributed by atoms with E-state index in [0.717, 1.165) is 28.7 Å². The number of unbranched alkanes of at least 4 members (excludes halogenated alkanes) is 2. The maximum absolute atomic E-state index is 11.6. The van der Waals surface area contributed by atoms with Crippen molar-refractivity contribution in [2.75, 3.05) is 5.75 Å². The van der Waals surface area contributed by atoms with Crippen LogP contribution in [0.3, 0.4) is 0 Å². The Morgan fingerprint density at radius 3 is 2.69 bits per heavy atom. The minimum Gasteiger partial charge on any atom is -0.484 e. The van der Waals surface area contributed by atoms with Gasteiger partial charge in [-0.05, 0) is 37.5 Å². The fourth-order valence-corrected chi connectivity index (χ4v) is 3.57. The van der Waals surface area contributed by atoms with Crippen molar-refractivity contribution in [2.24, 2.45) is 0 Å². The average molecular weight is 374 g/mol. The topological polar surface area (TPSA) is 78.4 Å². The molecule has 1 aromatic carbocycles. The summed E-state index contributed by atoms with van der Waals surface area (Å²) in [4.78, 5) is 11.6. The van der Waals surface area contributed by atoms with Crippen LogP contribution >= 0.6 is 11.8 Å². The van der Waals surface area contributed by atoms with Gasteiger partial charge in [-0.3, -0.25) is 0 Å². The van der Waals surface area contributed by atoms with Gasteiger partial charge in [-0.25, -0.2) is 4.79 Å². The molecule has 0 aliphatic carbocycles. The largest absolute Gasteiger partial charge is 0.484 e. The molecule has 0 amide bonds. The maximum Gasteiger partial charge on any atom is 0.336 e. The molecule has 0 unspecified atom stereocenters. The molecule has 26 heavy (non-hydrogen) atoms. The Bertz CT molecular complexity index is 948. The summed E-state index contributed by atoms with van der Waals surface area (Å²) in [7, 11) is 0. The van der Waals surface area contributed by atoms with Gasteiger partial charge in [0.05, 0.1) is 0 Å². The lowest BCUT2D eigenvalue weighted by Crippen LogP contribution is -2.00. The summed E-state index contributed by atoms with van der Waals surface area (Å²) in [6, 6.07) is 5.12. The molecule has 0 fully saturated rings. The van der Waals surface area contributed by atoms with Crippen molar-refractivity contribution in [3.05, 3.63) is 45.6 Å². The SMILES string of the molecule is CCCCCSc1nnc(COc2cc(C)c3c(C)cc(=O)oc3c2)o1. The Morgan fingerprint density at radius 2 is 1.88 bits per heavy atom. The third-order valence-corrected chi connectivity index (χ3v) is 4.90. The minimum absolute atomic E-state index is 0.170. The first-order chi connectivity index (χ1) is 12.6. The zero-order chi connectivity index (χ0) is 18.5. The Labute approximate surface area is 155 Å². The summed E-state index contributed by atoms with van der Waals surface area (Å²) in [5.74, 6) is 1.99. The molecule has 0 N–H and O–H groups in total. The second kappa shape index (κ2) is 8.40. The molecule has 0 atom stereocenters. The van der Waals surface area contributed by atoms with Gasteiger partial charge in [0.25, 0.3) is 11.1 Å². The van der Waals surface area contributed by atoms with E-state index < -0.39 is 0 Å². The van der Waals surface area contributed by atoms with Crippen molar-refractivity contribution in [1.82, 2.24) is 10.2 Å². The Hall–Kier alpha value is -2.28. The summed E-state index contributed by atoms with van der Waals surface area (Å²) < 4.78 is 16.6. The molecule has 138 valence electrons. The summed E-state index contributed by atoms with van der Waals surface area (Å²) in [5, 5.41) is 9.53. The number of hydrogen-bond donors (Lipinski definition) is 0. The lowest BCUT2D eigenvalue weighted by Gasteiger charge is -2.08. The highest BCUT2D eigenvalue weighted by Crippen LogP contribution is 2.27. The average Bonchev–Trinajstić information content (AvgIpc) is 3.04. The van der Waals surface area contributed by atoms with E-state index in [2.05, 4.69) is 17.1 Å². The lowest BCUT2D eigenvalue weighted by atomic mass is 10.1. The van der Waals surface area contributed by atoms with Crippen LogP contribution in [0.15, 0.2) is 37.1 Å². The molecule has 0 spiro atoms. The highest BCUT2D eigenvalue weighted by atomic mass is 32.2. The number of nitrogens with zero attached hydrogens (tertiary/aromatic N) is 2. The summed E-state index contributed by atoms with van der Waals surface area (Å²) in [6.45, 7) is 6.20. The Kier molecular flexibility index (Phi) is 5.98. The van der Waals surface area contributed by atoms with Gasteiger partial charge in [-0.1, -0.05) is 31.5 Å². The number of thioether (sulfide) groups is 1. The zero-order valence-electron chi connectivity index (χ0n) is 15.2. The summed E-state index contributed by atoms with van der Waals surface area (Å²) >= 11 is 1.56. The van der Waals surface area contributed by atoms with Crippen LogP contribution in [0.5, 0.6) is 5.75 Å². The van der Waals surface area contributed by atoms with Crippen molar-refractivity contribution in [3.63, 3.8) is 0 Å². The molecule has 7 heteroatoms. The molecule has 0 bridgehead atoms. The highest BCUT2D eigenvalue weighted by Gasteiger charge is 2.11. The normalized spacial score (nSPS) is 11.2. The van der Waals surface area contributed by atoms with Crippen molar-refractivity contribution >= 4 is 22.7 Å². The Balaban J connectivity index is 1.66. The van der Waals surface area contributed by atoms with Gasteiger partial charge in [0, 0.05) is 23.3 Å². The first kappa shape index (κ1) is 18.5. The number of hydrogen-bond acceptors (Lipinski definition) is 7. The second-order valence-electron chi connectivity index (χ2n) is 6.17. The molecule has 2 aromatic heterocycles. The van der Waals surface area contributed by atoms with Crippen LogP contribution in [0.1, 0.15) is 43.2 Å². The second-order valence-corrected chi connectivity index (χ2v) is 7.21. The van der Waals surface area contributed by atoms with Crippen molar-refractivity contribution in [2.45, 2.75) is 51.9 Å². The van der Waals surface area contributed by atoms with Gasteiger partial charge in [-0.15, -0.1) is 10.2 Å². The number of aryl methyl sites for hydroxylation is 2. The van der Waals surface area contributed by atoms with Crippen molar-refractivity contribution in [3.8, 4) is 5.75 Å². The number of benzene rings is 1. The molecular formula is C19H22N2O4S. The van der Waals surface area contributed by atoms with Crippen LogP contribution in [0, 0.1) is 13.8 Å². The molecule has 2 heterocycles. The highest BCUT2D eigenvalue weighted by molar-refractivity contribution is 7.99. The van der Waals surface area contributed by atoms with Gasteiger partial charge < -0.3 is 13.6 Å². The number of fused-ring (bicyclic) bond motifs is 1. The predicted octanol–water partition coefficient (Wildman–Crippen LogP) is 4.65. The van der Waals surface area contributed by atoms with E-state index in [1.54, 1.807) is 17.8 Å². The number of rotatable bonds is 8.